The van der Waals surface area contributed by atoms with Gasteiger partial charge in [-0.2, -0.15) is 0 Å². The molecule has 0 saturated carbocycles. The number of aromatic hydroxyl groups is 1. The Morgan fingerprint density at radius 3 is 2.65 bits per heavy atom. The molecule has 0 aromatic heterocycles. The molecule has 0 aliphatic heterocycles. The van der Waals surface area contributed by atoms with Crippen LogP contribution in [0, 0.1) is 0 Å². The zero-order valence-electron chi connectivity index (χ0n) is 9.82. The zero-order chi connectivity index (χ0) is 12.8. The van der Waals surface area contributed by atoms with Crippen LogP contribution in [0.15, 0.2) is 18.2 Å². The Hall–Kier alpha value is -2.04. The lowest BCUT2D eigenvalue weighted by atomic mass is 10.1. The number of phenols is 1. The SMILES string of the molecule is CCOC(=O)Cc1ccc(NC(C)=O)cc1O. The first-order chi connectivity index (χ1) is 8.02. The third-order valence-corrected chi connectivity index (χ3v) is 2.05. The summed E-state index contributed by atoms with van der Waals surface area (Å²) in [7, 11) is 0. The van der Waals surface area contributed by atoms with E-state index in [1.54, 1.807) is 19.1 Å². The molecular formula is C12H15NO4. The summed E-state index contributed by atoms with van der Waals surface area (Å²) in [4.78, 5) is 22.0. The van der Waals surface area contributed by atoms with Crippen molar-refractivity contribution >= 4 is 17.6 Å². The van der Waals surface area contributed by atoms with E-state index in [1.807, 2.05) is 0 Å². The van der Waals surface area contributed by atoms with E-state index in [9.17, 15) is 14.7 Å². The van der Waals surface area contributed by atoms with Gasteiger partial charge < -0.3 is 15.2 Å². The normalized spacial score (nSPS) is 9.76. The molecule has 1 aromatic carbocycles. The number of phenolic OH excluding ortho intramolecular Hbond substituents is 1. The van der Waals surface area contributed by atoms with Crippen molar-refractivity contribution in [2.75, 3.05) is 11.9 Å². The van der Waals surface area contributed by atoms with Crippen molar-refractivity contribution in [2.24, 2.45) is 0 Å². The largest absolute Gasteiger partial charge is 0.508 e. The molecule has 0 heterocycles. The monoisotopic (exact) mass is 237 g/mol. The van der Waals surface area contributed by atoms with Gasteiger partial charge in [-0.25, -0.2) is 0 Å². The molecule has 0 radical (unpaired) electrons. The lowest BCUT2D eigenvalue weighted by Crippen LogP contribution is -2.08. The predicted octanol–water partition coefficient (Wildman–Crippen LogP) is 1.46. The van der Waals surface area contributed by atoms with E-state index in [-0.39, 0.29) is 18.1 Å². The number of carbonyl (C=O) groups excluding carboxylic acids is 2. The average Bonchev–Trinajstić information content (AvgIpc) is 2.21. The highest BCUT2D eigenvalue weighted by atomic mass is 16.5. The molecule has 1 amide bonds. The zero-order valence-corrected chi connectivity index (χ0v) is 9.82. The number of benzene rings is 1. The third kappa shape index (κ3) is 4.14. The molecule has 5 nitrogen and oxygen atoms in total. The Morgan fingerprint density at radius 2 is 2.12 bits per heavy atom. The Kier molecular flexibility index (Phi) is 4.51. The van der Waals surface area contributed by atoms with Gasteiger partial charge in [0, 0.05) is 24.2 Å². The summed E-state index contributed by atoms with van der Waals surface area (Å²) < 4.78 is 4.78. The Balaban J connectivity index is 2.75. The van der Waals surface area contributed by atoms with Gasteiger partial charge in [-0.1, -0.05) is 6.07 Å². The third-order valence-electron chi connectivity index (χ3n) is 2.05. The summed E-state index contributed by atoms with van der Waals surface area (Å²) in [5.41, 5.74) is 0.958. The Labute approximate surface area is 99.4 Å². The van der Waals surface area contributed by atoms with E-state index in [0.29, 0.717) is 17.9 Å². The summed E-state index contributed by atoms with van der Waals surface area (Å²) >= 11 is 0. The van der Waals surface area contributed by atoms with Gasteiger partial charge in [-0.05, 0) is 13.0 Å². The topological polar surface area (TPSA) is 75.6 Å². The van der Waals surface area contributed by atoms with Gasteiger partial charge in [0.1, 0.15) is 5.75 Å². The molecule has 92 valence electrons. The van der Waals surface area contributed by atoms with Gasteiger partial charge in [0.15, 0.2) is 0 Å². The molecule has 0 aliphatic carbocycles. The molecule has 1 rings (SSSR count). The maximum atomic E-state index is 11.2. The minimum Gasteiger partial charge on any atom is -0.508 e. The number of nitrogens with one attached hydrogen (secondary N) is 1. The second-order valence-electron chi connectivity index (χ2n) is 3.51. The van der Waals surface area contributed by atoms with Gasteiger partial charge in [0.25, 0.3) is 0 Å². The summed E-state index contributed by atoms with van der Waals surface area (Å²) in [6.07, 6.45) is 0.0139. The van der Waals surface area contributed by atoms with Gasteiger partial charge >= 0.3 is 5.97 Å². The number of ether oxygens (including phenoxy) is 1. The van der Waals surface area contributed by atoms with Gasteiger partial charge in [0.05, 0.1) is 13.0 Å². The first-order valence-corrected chi connectivity index (χ1v) is 5.28. The quantitative estimate of drug-likeness (QED) is 0.777. The lowest BCUT2D eigenvalue weighted by Gasteiger charge is -2.07. The fraction of sp³-hybridized carbons (Fsp3) is 0.333. The number of rotatable bonds is 4. The van der Waals surface area contributed by atoms with Crippen LogP contribution in [-0.4, -0.2) is 23.6 Å². The Morgan fingerprint density at radius 1 is 1.41 bits per heavy atom. The van der Waals surface area contributed by atoms with E-state index in [4.69, 9.17) is 4.74 Å². The van der Waals surface area contributed by atoms with Crippen LogP contribution < -0.4 is 5.32 Å². The standard InChI is InChI=1S/C12H15NO4/c1-3-17-12(16)6-9-4-5-10(7-11(9)15)13-8(2)14/h4-5,7,15H,3,6H2,1-2H3,(H,13,14). The van der Waals surface area contributed by atoms with Crippen LogP contribution >= 0.6 is 0 Å². The van der Waals surface area contributed by atoms with Crippen LogP contribution in [0.3, 0.4) is 0 Å². The second kappa shape index (κ2) is 5.89. The minimum atomic E-state index is -0.393. The molecule has 1 aromatic rings. The molecule has 0 saturated heterocycles. The lowest BCUT2D eigenvalue weighted by molar-refractivity contribution is -0.142. The highest BCUT2D eigenvalue weighted by molar-refractivity contribution is 5.89. The van der Waals surface area contributed by atoms with E-state index in [2.05, 4.69) is 5.32 Å². The fourth-order valence-electron chi connectivity index (χ4n) is 1.36. The first kappa shape index (κ1) is 13.0. The number of amides is 1. The van der Waals surface area contributed by atoms with Crippen LogP contribution in [0.4, 0.5) is 5.69 Å². The maximum absolute atomic E-state index is 11.2. The molecule has 0 aliphatic rings. The first-order valence-electron chi connectivity index (χ1n) is 5.28. The molecule has 0 atom stereocenters. The van der Waals surface area contributed by atoms with Crippen molar-refractivity contribution < 1.29 is 19.4 Å². The average molecular weight is 237 g/mol. The predicted molar refractivity (Wildman–Crippen MR) is 62.7 cm³/mol. The van der Waals surface area contributed by atoms with Crippen LogP contribution in [0.5, 0.6) is 5.75 Å². The van der Waals surface area contributed by atoms with E-state index in [1.165, 1.54) is 13.0 Å². The number of anilines is 1. The van der Waals surface area contributed by atoms with Crippen LogP contribution in [0.25, 0.3) is 0 Å². The van der Waals surface area contributed by atoms with Crippen molar-refractivity contribution in [3.05, 3.63) is 23.8 Å². The van der Waals surface area contributed by atoms with E-state index < -0.39 is 5.97 Å². The molecule has 0 spiro atoms. The van der Waals surface area contributed by atoms with Crippen LogP contribution in [0.1, 0.15) is 19.4 Å². The molecular weight excluding hydrogens is 222 g/mol. The van der Waals surface area contributed by atoms with E-state index >= 15 is 0 Å². The maximum Gasteiger partial charge on any atom is 0.310 e. The number of hydrogen-bond donors (Lipinski definition) is 2. The summed E-state index contributed by atoms with van der Waals surface area (Å²) in [5.74, 6) is -0.651. The fourth-order valence-corrected chi connectivity index (χ4v) is 1.36. The molecule has 0 bridgehead atoms. The van der Waals surface area contributed by atoms with Crippen molar-refractivity contribution in [3.63, 3.8) is 0 Å². The van der Waals surface area contributed by atoms with Gasteiger partial charge in [0.2, 0.25) is 5.91 Å². The van der Waals surface area contributed by atoms with Crippen molar-refractivity contribution in [2.45, 2.75) is 20.3 Å². The number of esters is 1. The highest BCUT2D eigenvalue weighted by Gasteiger charge is 2.09. The molecule has 0 unspecified atom stereocenters. The van der Waals surface area contributed by atoms with Crippen LogP contribution in [-0.2, 0) is 20.7 Å². The smallest absolute Gasteiger partial charge is 0.310 e. The van der Waals surface area contributed by atoms with E-state index in [0.717, 1.165) is 0 Å². The summed E-state index contributed by atoms with van der Waals surface area (Å²) in [6, 6.07) is 4.60. The van der Waals surface area contributed by atoms with Crippen molar-refractivity contribution in [1.82, 2.24) is 0 Å². The molecule has 5 heteroatoms. The minimum absolute atomic E-state index is 0.0139. The Bertz CT molecular complexity index is 429. The van der Waals surface area contributed by atoms with Crippen molar-refractivity contribution in [1.29, 1.82) is 0 Å². The molecule has 17 heavy (non-hydrogen) atoms. The summed E-state index contributed by atoms with van der Waals surface area (Å²) in [6.45, 7) is 3.41. The number of hydrogen-bond acceptors (Lipinski definition) is 4. The summed E-state index contributed by atoms with van der Waals surface area (Å²) in [5, 5.41) is 12.2. The molecule has 2 N–H and O–H groups in total. The number of carbonyl (C=O) groups is 2. The van der Waals surface area contributed by atoms with Gasteiger partial charge in [-0.3, -0.25) is 9.59 Å². The van der Waals surface area contributed by atoms with Crippen molar-refractivity contribution in [3.8, 4) is 5.75 Å². The van der Waals surface area contributed by atoms with Gasteiger partial charge in [-0.15, -0.1) is 0 Å². The van der Waals surface area contributed by atoms with Crippen LogP contribution in [0.2, 0.25) is 0 Å². The molecule has 0 fully saturated rings. The highest BCUT2D eigenvalue weighted by Crippen LogP contribution is 2.22. The second-order valence-corrected chi connectivity index (χ2v) is 3.51.